The fraction of sp³-hybridized carbons (Fsp3) is 1.00. The fourth-order valence-electron chi connectivity index (χ4n) is 3.27. The van der Waals surface area contributed by atoms with Gasteiger partial charge >= 0.3 is 0 Å². The number of rotatable bonds is 2. The second kappa shape index (κ2) is 2.01. The Morgan fingerprint density at radius 3 is 2.27 bits per heavy atom. The Bertz CT molecular complexity index is 168. The van der Waals surface area contributed by atoms with E-state index >= 15 is 0 Å². The zero-order valence-electron chi connectivity index (χ0n) is 7.91. The predicted molar refractivity (Wildman–Crippen MR) is 47.5 cm³/mol. The van der Waals surface area contributed by atoms with Gasteiger partial charge in [0.05, 0.1) is 0 Å². The lowest BCUT2D eigenvalue weighted by molar-refractivity contribution is 0.213. The molecule has 1 spiro atoms. The van der Waals surface area contributed by atoms with Gasteiger partial charge in [-0.3, -0.25) is 0 Å². The van der Waals surface area contributed by atoms with E-state index in [4.69, 9.17) is 0 Å². The topological polar surface area (TPSA) is 12.0 Å². The molecule has 0 bridgehead atoms. The second-order valence-corrected chi connectivity index (χ2v) is 4.84. The molecule has 11 heavy (non-hydrogen) atoms. The highest BCUT2D eigenvalue weighted by Gasteiger charge is 2.71. The van der Waals surface area contributed by atoms with Crippen LogP contribution in [0.2, 0.25) is 0 Å². The summed E-state index contributed by atoms with van der Waals surface area (Å²) in [4.78, 5) is 0. The number of hydrogen-bond acceptors (Lipinski definition) is 1. The van der Waals surface area contributed by atoms with E-state index in [0.717, 1.165) is 11.3 Å². The minimum Gasteiger partial charge on any atom is -0.319 e. The fourth-order valence-corrected chi connectivity index (χ4v) is 3.27. The van der Waals surface area contributed by atoms with E-state index in [9.17, 15) is 0 Å². The Kier molecular flexibility index (Phi) is 1.39. The van der Waals surface area contributed by atoms with Gasteiger partial charge in [0.25, 0.3) is 0 Å². The van der Waals surface area contributed by atoms with Crippen LogP contribution in [-0.2, 0) is 0 Å². The van der Waals surface area contributed by atoms with Crippen molar-refractivity contribution in [1.82, 2.24) is 5.32 Å². The summed E-state index contributed by atoms with van der Waals surface area (Å²) in [5, 5.41) is 3.31. The highest BCUT2D eigenvalue weighted by Crippen LogP contribution is 2.77. The molecule has 64 valence electrons. The minimum absolute atomic E-state index is 0.647. The van der Waals surface area contributed by atoms with E-state index in [1.165, 1.54) is 25.8 Å². The molecule has 1 unspecified atom stereocenters. The van der Waals surface area contributed by atoms with Crippen LogP contribution in [0.15, 0.2) is 0 Å². The molecule has 0 saturated heterocycles. The summed E-state index contributed by atoms with van der Waals surface area (Å²) < 4.78 is 0. The third-order valence-corrected chi connectivity index (χ3v) is 4.39. The van der Waals surface area contributed by atoms with E-state index in [2.05, 4.69) is 26.2 Å². The van der Waals surface area contributed by atoms with Crippen LogP contribution < -0.4 is 5.32 Å². The van der Waals surface area contributed by atoms with Gasteiger partial charge in [0.2, 0.25) is 0 Å². The number of hydrogen-bond donors (Lipinski definition) is 1. The second-order valence-electron chi connectivity index (χ2n) is 4.84. The summed E-state index contributed by atoms with van der Waals surface area (Å²) in [7, 11) is 2.07. The maximum absolute atomic E-state index is 3.31. The van der Waals surface area contributed by atoms with E-state index in [1.54, 1.807) is 0 Å². The third-order valence-electron chi connectivity index (χ3n) is 4.39. The molecule has 0 aromatic carbocycles. The molecule has 1 atom stereocenters. The molecule has 0 aliphatic heterocycles. The quantitative estimate of drug-likeness (QED) is 0.640. The van der Waals surface area contributed by atoms with Gasteiger partial charge in [0.1, 0.15) is 0 Å². The Balaban J connectivity index is 2.03. The largest absolute Gasteiger partial charge is 0.319 e. The standard InChI is InChI=1S/C10H19N/c1-9(2)8(7-11-3)10(9)5-4-6-10/h8,11H,4-7H2,1-3H3. The smallest absolute Gasteiger partial charge is 0.00127 e. The average Bonchev–Trinajstić information content (AvgIpc) is 2.29. The van der Waals surface area contributed by atoms with Gasteiger partial charge < -0.3 is 5.32 Å². The van der Waals surface area contributed by atoms with Crippen LogP contribution in [0, 0.1) is 16.7 Å². The summed E-state index contributed by atoms with van der Waals surface area (Å²) in [5.74, 6) is 0.966. The van der Waals surface area contributed by atoms with E-state index < -0.39 is 0 Å². The van der Waals surface area contributed by atoms with Crippen molar-refractivity contribution in [3.05, 3.63) is 0 Å². The van der Waals surface area contributed by atoms with E-state index in [0.29, 0.717) is 5.41 Å². The van der Waals surface area contributed by atoms with E-state index in [1.807, 2.05) is 0 Å². The van der Waals surface area contributed by atoms with Crippen LogP contribution in [0.25, 0.3) is 0 Å². The van der Waals surface area contributed by atoms with Crippen molar-refractivity contribution in [3.8, 4) is 0 Å². The van der Waals surface area contributed by atoms with Gasteiger partial charge in [0, 0.05) is 0 Å². The third kappa shape index (κ3) is 0.703. The van der Waals surface area contributed by atoms with Crippen molar-refractivity contribution in [2.75, 3.05) is 13.6 Å². The summed E-state index contributed by atoms with van der Waals surface area (Å²) in [6.07, 6.45) is 4.46. The molecule has 1 N–H and O–H groups in total. The maximum Gasteiger partial charge on any atom is -0.00127 e. The van der Waals surface area contributed by atoms with Crippen LogP contribution >= 0.6 is 0 Å². The average molecular weight is 153 g/mol. The Morgan fingerprint density at radius 1 is 1.36 bits per heavy atom. The molecule has 0 amide bonds. The lowest BCUT2D eigenvalue weighted by Gasteiger charge is -2.30. The highest BCUT2D eigenvalue weighted by atomic mass is 14.9. The lowest BCUT2D eigenvalue weighted by atomic mass is 9.75. The highest BCUT2D eigenvalue weighted by molar-refractivity contribution is 5.20. The molecule has 2 aliphatic carbocycles. The first kappa shape index (κ1) is 7.60. The van der Waals surface area contributed by atoms with Gasteiger partial charge in [-0.05, 0) is 43.2 Å². The van der Waals surface area contributed by atoms with Gasteiger partial charge in [0.15, 0.2) is 0 Å². The summed E-state index contributed by atoms with van der Waals surface area (Å²) in [6, 6.07) is 0. The monoisotopic (exact) mass is 153 g/mol. The molecule has 2 rings (SSSR count). The van der Waals surface area contributed by atoms with Crippen molar-refractivity contribution >= 4 is 0 Å². The Labute approximate surface area is 69.6 Å². The molecule has 2 aliphatic rings. The molecule has 0 aromatic rings. The lowest BCUT2D eigenvalue weighted by Crippen LogP contribution is -2.21. The molecule has 2 saturated carbocycles. The summed E-state index contributed by atoms with van der Waals surface area (Å²) in [5.41, 5.74) is 1.42. The van der Waals surface area contributed by atoms with Gasteiger partial charge in [-0.2, -0.15) is 0 Å². The van der Waals surface area contributed by atoms with Crippen LogP contribution in [-0.4, -0.2) is 13.6 Å². The molecule has 2 fully saturated rings. The van der Waals surface area contributed by atoms with Crippen molar-refractivity contribution in [1.29, 1.82) is 0 Å². The first-order valence-electron chi connectivity index (χ1n) is 4.80. The summed E-state index contributed by atoms with van der Waals surface area (Å²) in [6.45, 7) is 6.11. The minimum atomic E-state index is 0.647. The van der Waals surface area contributed by atoms with Crippen LogP contribution in [0.1, 0.15) is 33.1 Å². The van der Waals surface area contributed by atoms with Crippen molar-refractivity contribution < 1.29 is 0 Å². The number of nitrogens with one attached hydrogen (secondary N) is 1. The molecule has 0 aromatic heterocycles. The van der Waals surface area contributed by atoms with Crippen LogP contribution in [0.4, 0.5) is 0 Å². The molecule has 1 heteroatoms. The van der Waals surface area contributed by atoms with Crippen molar-refractivity contribution in [3.63, 3.8) is 0 Å². The van der Waals surface area contributed by atoms with Crippen molar-refractivity contribution in [2.45, 2.75) is 33.1 Å². The maximum atomic E-state index is 3.31. The van der Waals surface area contributed by atoms with Crippen molar-refractivity contribution in [2.24, 2.45) is 16.7 Å². The summed E-state index contributed by atoms with van der Waals surface area (Å²) >= 11 is 0. The zero-order valence-corrected chi connectivity index (χ0v) is 7.91. The van der Waals surface area contributed by atoms with Crippen LogP contribution in [0.5, 0.6) is 0 Å². The zero-order chi connectivity index (χ0) is 8.11. The van der Waals surface area contributed by atoms with Crippen LogP contribution in [0.3, 0.4) is 0 Å². The van der Waals surface area contributed by atoms with Gasteiger partial charge in [-0.25, -0.2) is 0 Å². The Morgan fingerprint density at radius 2 is 2.00 bits per heavy atom. The first-order valence-corrected chi connectivity index (χ1v) is 4.80. The van der Waals surface area contributed by atoms with Gasteiger partial charge in [-0.15, -0.1) is 0 Å². The molecule has 1 nitrogen and oxygen atoms in total. The molecular weight excluding hydrogens is 134 g/mol. The normalized spacial score (nSPS) is 36.8. The van der Waals surface area contributed by atoms with E-state index in [-0.39, 0.29) is 0 Å². The SMILES string of the molecule is CNCC1C(C)(C)C12CCC2. The molecule has 0 radical (unpaired) electrons. The predicted octanol–water partition coefficient (Wildman–Crippen LogP) is 2.03. The first-order chi connectivity index (χ1) is 5.15. The molecule has 0 heterocycles. The Hall–Kier alpha value is -0.0400. The van der Waals surface area contributed by atoms with Gasteiger partial charge in [-0.1, -0.05) is 20.3 Å². The molecular formula is C10H19N.